The van der Waals surface area contributed by atoms with Crippen LogP contribution in [0.15, 0.2) is 47.4 Å². The van der Waals surface area contributed by atoms with E-state index in [9.17, 15) is 19.7 Å². The van der Waals surface area contributed by atoms with Gasteiger partial charge in [-0.3, -0.25) is 24.3 Å². The fraction of sp³-hybridized carbons (Fsp3) is 0.250. The number of aryl methyl sites for hydroxylation is 1. The lowest BCUT2D eigenvalue weighted by Crippen LogP contribution is -2.33. The summed E-state index contributed by atoms with van der Waals surface area (Å²) in [6, 6.07) is 10.3. The summed E-state index contributed by atoms with van der Waals surface area (Å²) in [6.45, 7) is 3.05. The molecule has 0 aliphatic carbocycles. The van der Waals surface area contributed by atoms with Gasteiger partial charge in [-0.2, -0.15) is 0 Å². The number of hydrogen-bond donors (Lipinski definition) is 1. The number of carbonyl (C=O) groups is 1. The van der Waals surface area contributed by atoms with E-state index in [1.54, 1.807) is 0 Å². The van der Waals surface area contributed by atoms with Crippen LogP contribution in [0, 0.1) is 17.0 Å². The van der Waals surface area contributed by atoms with Crippen LogP contribution in [-0.2, 0) is 11.3 Å². The van der Waals surface area contributed by atoms with Crippen molar-refractivity contribution in [3.63, 3.8) is 0 Å². The Balaban J connectivity index is 2.13. The second kappa shape index (κ2) is 6.87. The molecule has 0 spiro atoms. The first-order chi connectivity index (χ1) is 10.9. The highest BCUT2D eigenvalue weighted by molar-refractivity contribution is 5.76. The number of nitrogens with zero attached hydrogens (tertiary/aromatic N) is 2. The van der Waals surface area contributed by atoms with Crippen LogP contribution >= 0.6 is 0 Å². The number of pyridine rings is 1. The molecule has 1 amide bonds. The van der Waals surface area contributed by atoms with Crippen LogP contribution in [0.3, 0.4) is 0 Å². The van der Waals surface area contributed by atoms with Crippen molar-refractivity contribution >= 4 is 11.6 Å². The van der Waals surface area contributed by atoms with Crippen LogP contribution in [0.25, 0.3) is 0 Å². The summed E-state index contributed by atoms with van der Waals surface area (Å²) in [5, 5.41) is 13.7. The number of rotatable bonds is 5. The average Bonchev–Trinajstić information content (AvgIpc) is 2.50. The van der Waals surface area contributed by atoms with Gasteiger partial charge in [0, 0.05) is 11.6 Å². The molecule has 1 aromatic carbocycles. The highest BCUT2D eigenvalue weighted by Crippen LogP contribution is 2.14. The van der Waals surface area contributed by atoms with Crippen LogP contribution in [-0.4, -0.2) is 15.4 Å². The zero-order valence-corrected chi connectivity index (χ0v) is 12.9. The molecule has 0 aliphatic heterocycles. The van der Waals surface area contributed by atoms with Gasteiger partial charge in [0.15, 0.2) is 0 Å². The quantitative estimate of drug-likeness (QED) is 0.674. The summed E-state index contributed by atoms with van der Waals surface area (Å²) in [6.07, 6.45) is 1.10. The summed E-state index contributed by atoms with van der Waals surface area (Å²) in [4.78, 5) is 34.3. The Morgan fingerprint density at radius 1 is 1.35 bits per heavy atom. The Bertz CT molecular complexity index is 784. The van der Waals surface area contributed by atoms with Gasteiger partial charge < -0.3 is 5.32 Å². The van der Waals surface area contributed by atoms with E-state index in [0.29, 0.717) is 0 Å². The lowest BCUT2D eigenvalue weighted by atomic mass is 10.1. The zero-order chi connectivity index (χ0) is 17.0. The van der Waals surface area contributed by atoms with Crippen LogP contribution in [0.1, 0.15) is 24.1 Å². The third-order valence-corrected chi connectivity index (χ3v) is 3.49. The van der Waals surface area contributed by atoms with Gasteiger partial charge in [0.05, 0.1) is 17.2 Å². The van der Waals surface area contributed by atoms with Gasteiger partial charge in [0.1, 0.15) is 6.54 Å². The molecule has 1 atom stereocenters. The molecule has 0 aliphatic rings. The van der Waals surface area contributed by atoms with Crippen molar-refractivity contribution in [3.05, 3.63) is 74.2 Å². The number of amides is 1. The van der Waals surface area contributed by atoms with E-state index in [0.717, 1.165) is 22.4 Å². The van der Waals surface area contributed by atoms with Crippen molar-refractivity contribution < 1.29 is 9.72 Å². The summed E-state index contributed by atoms with van der Waals surface area (Å²) in [5.74, 6) is -0.387. The maximum absolute atomic E-state index is 12.1. The topological polar surface area (TPSA) is 94.2 Å². The Morgan fingerprint density at radius 2 is 2.00 bits per heavy atom. The molecule has 7 heteroatoms. The van der Waals surface area contributed by atoms with E-state index in [1.807, 2.05) is 37.3 Å². The van der Waals surface area contributed by atoms with Crippen LogP contribution in [0.5, 0.6) is 0 Å². The summed E-state index contributed by atoms with van der Waals surface area (Å²) in [7, 11) is 0. The zero-order valence-electron chi connectivity index (χ0n) is 12.9. The van der Waals surface area contributed by atoms with Crippen molar-refractivity contribution in [3.8, 4) is 0 Å². The second-order valence-electron chi connectivity index (χ2n) is 5.26. The third-order valence-electron chi connectivity index (χ3n) is 3.49. The molecule has 7 nitrogen and oxygen atoms in total. The van der Waals surface area contributed by atoms with Gasteiger partial charge in [-0.25, -0.2) is 0 Å². The van der Waals surface area contributed by atoms with Crippen molar-refractivity contribution in [1.29, 1.82) is 0 Å². The molecule has 1 unspecified atom stereocenters. The van der Waals surface area contributed by atoms with Crippen molar-refractivity contribution in [2.24, 2.45) is 0 Å². The van der Waals surface area contributed by atoms with E-state index < -0.39 is 10.5 Å². The molecular formula is C16H17N3O4. The number of carbonyl (C=O) groups excluding carboxylic acids is 1. The molecule has 120 valence electrons. The second-order valence-corrected chi connectivity index (χ2v) is 5.26. The summed E-state index contributed by atoms with van der Waals surface area (Å²) < 4.78 is 1.04. The van der Waals surface area contributed by atoms with Gasteiger partial charge in [0.25, 0.3) is 11.2 Å². The molecule has 0 radical (unpaired) electrons. The molecule has 0 bridgehead atoms. The minimum Gasteiger partial charge on any atom is -0.348 e. The van der Waals surface area contributed by atoms with Gasteiger partial charge in [-0.15, -0.1) is 0 Å². The first-order valence-corrected chi connectivity index (χ1v) is 7.08. The summed E-state index contributed by atoms with van der Waals surface area (Å²) >= 11 is 0. The largest absolute Gasteiger partial charge is 0.348 e. The third kappa shape index (κ3) is 4.03. The molecule has 23 heavy (non-hydrogen) atoms. The molecule has 1 N–H and O–H groups in total. The number of aromatic nitrogens is 1. The fourth-order valence-corrected chi connectivity index (χ4v) is 2.24. The number of nitro groups is 1. The Morgan fingerprint density at radius 3 is 2.61 bits per heavy atom. The molecule has 0 saturated carbocycles. The minimum absolute atomic E-state index is 0.187. The van der Waals surface area contributed by atoms with Crippen LogP contribution in [0.4, 0.5) is 5.69 Å². The smallest absolute Gasteiger partial charge is 0.288 e. The minimum atomic E-state index is -0.574. The van der Waals surface area contributed by atoms with Crippen molar-refractivity contribution in [1.82, 2.24) is 9.88 Å². The molecule has 2 aromatic rings. The van der Waals surface area contributed by atoms with Gasteiger partial charge in [0.2, 0.25) is 5.91 Å². The predicted molar refractivity (Wildman–Crippen MR) is 85.1 cm³/mol. The SMILES string of the molecule is Cc1cc(=O)n(CC(=O)NC(C)c2ccccc2)cc1[N+](=O)[O-]. The first-order valence-electron chi connectivity index (χ1n) is 7.08. The van der Waals surface area contributed by atoms with E-state index in [1.165, 1.54) is 6.92 Å². The van der Waals surface area contributed by atoms with Gasteiger partial charge in [-0.1, -0.05) is 30.3 Å². The lowest BCUT2D eigenvalue weighted by Gasteiger charge is -2.15. The Labute approximate surface area is 132 Å². The Hall–Kier alpha value is -2.96. The molecule has 1 heterocycles. The molecule has 0 saturated heterocycles. The highest BCUT2D eigenvalue weighted by Gasteiger charge is 2.16. The number of nitrogens with one attached hydrogen (secondary N) is 1. The lowest BCUT2D eigenvalue weighted by molar-refractivity contribution is -0.385. The molecule has 2 rings (SSSR count). The van der Waals surface area contributed by atoms with Gasteiger partial charge in [-0.05, 0) is 19.4 Å². The van der Waals surface area contributed by atoms with Gasteiger partial charge >= 0.3 is 0 Å². The monoisotopic (exact) mass is 315 g/mol. The molecule has 1 aromatic heterocycles. The van der Waals surface area contributed by atoms with E-state index >= 15 is 0 Å². The normalized spacial score (nSPS) is 11.7. The first kappa shape index (κ1) is 16.4. The van der Waals surface area contributed by atoms with E-state index in [2.05, 4.69) is 5.32 Å². The van der Waals surface area contributed by atoms with Crippen molar-refractivity contribution in [2.75, 3.05) is 0 Å². The van der Waals surface area contributed by atoms with Crippen LogP contribution in [0.2, 0.25) is 0 Å². The van der Waals surface area contributed by atoms with Crippen molar-refractivity contribution in [2.45, 2.75) is 26.4 Å². The van der Waals surface area contributed by atoms with Crippen LogP contribution < -0.4 is 10.9 Å². The highest BCUT2D eigenvalue weighted by atomic mass is 16.6. The summed E-state index contributed by atoms with van der Waals surface area (Å²) in [5.41, 5.74) is 0.571. The Kier molecular flexibility index (Phi) is 4.90. The van der Waals surface area contributed by atoms with E-state index in [4.69, 9.17) is 0 Å². The average molecular weight is 315 g/mol. The maximum atomic E-state index is 12.1. The fourth-order valence-electron chi connectivity index (χ4n) is 2.24. The number of hydrogen-bond acceptors (Lipinski definition) is 4. The molecular weight excluding hydrogens is 298 g/mol. The number of benzene rings is 1. The predicted octanol–water partition coefficient (Wildman–Crippen LogP) is 1.94. The van der Waals surface area contributed by atoms with E-state index in [-0.39, 0.29) is 29.7 Å². The molecule has 0 fully saturated rings. The standard InChI is InChI=1S/C16H17N3O4/c1-11-8-16(21)18(9-14(11)19(22)23)10-15(20)17-12(2)13-6-4-3-5-7-13/h3-9,12H,10H2,1-2H3,(H,17,20). The maximum Gasteiger partial charge on any atom is 0.288 e.